The van der Waals surface area contributed by atoms with Crippen molar-refractivity contribution in [1.82, 2.24) is 20.4 Å². The van der Waals surface area contributed by atoms with Crippen molar-refractivity contribution in [1.29, 1.82) is 0 Å². The molecule has 0 unspecified atom stereocenters. The molecule has 1 fully saturated rings. The van der Waals surface area contributed by atoms with Crippen molar-refractivity contribution in [2.75, 3.05) is 26.2 Å². The van der Waals surface area contributed by atoms with E-state index in [0.29, 0.717) is 12.1 Å². The van der Waals surface area contributed by atoms with Gasteiger partial charge in [0.2, 0.25) is 5.89 Å². The van der Waals surface area contributed by atoms with E-state index in [9.17, 15) is 9.18 Å². The molecule has 0 saturated carbocycles. The predicted octanol–water partition coefficient (Wildman–Crippen LogP) is 4.53. The molecule has 0 aliphatic carbocycles. The standard InChI is InChI=1S/C25H28ClFN4O2/c26-22-17-21(27)8-7-20(22)16-23-29-30-25(33-23)24(32)28-11-4-12-31-13-9-19(10-14-31)15-18-5-2-1-3-6-18/h1-3,5-8,17,19H,4,9-16H2,(H,28,32). The van der Waals surface area contributed by atoms with Crippen LogP contribution in [0, 0.1) is 11.7 Å². The molecule has 3 aromatic rings. The number of hydrogen-bond acceptors (Lipinski definition) is 5. The van der Waals surface area contributed by atoms with Crippen LogP contribution in [-0.4, -0.2) is 47.2 Å². The molecular weight excluding hydrogens is 443 g/mol. The summed E-state index contributed by atoms with van der Waals surface area (Å²) in [5, 5.41) is 10.8. The van der Waals surface area contributed by atoms with Crippen LogP contribution in [0.15, 0.2) is 52.9 Å². The third kappa shape index (κ3) is 6.85. The highest BCUT2D eigenvalue weighted by molar-refractivity contribution is 6.31. The summed E-state index contributed by atoms with van der Waals surface area (Å²) in [6.45, 7) is 3.70. The Balaban J connectivity index is 1.14. The fourth-order valence-electron chi connectivity index (χ4n) is 4.19. The predicted molar refractivity (Wildman–Crippen MR) is 125 cm³/mol. The van der Waals surface area contributed by atoms with Crippen molar-refractivity contribution in [2.45, 2.75) is 32.1 Å². The van der Waals surface area contributed by atoms with Gasteiger partial charge in [-0.2, -0.15) is 0 Å². The Kier molecular flexibility index (Phi) is 8.07. The van der Waals surface area contributed by atoms with Crippen LogP contribution < -0.4 is 5.32 Å². The lowest BCUT2D eigenvalue weighted by Crippen LogP contribution is -2.36. The van der Waals surface area contributed by atoms with Crippen molar-refractivity contribution < 1.29 is 13.6 Å². The first kappa shape index (κ1) is 23.4. The van der Waals surface area contributed by atoms with E-state index in [1.807, 2.05) is 0 Å². The third-order valence-corrected chi connectivity index (χ3v) is 6.38. The maximum atomic E-state index is 13.2. The molecule has 33 heavy (non-hydrogen) atoms. The number of rotatable bonds is 9. The SMILES string of the molecule is O=C(NCCCN1CCC(Cc2ccccc2)CC1)c1nnc(Cc2ccc(F)cc2Cl)o1. The van der Waals surface area contributed by atoms with Gasteiger partial charge < -0.3 is 14.6 Å². The number of benzene rings is 2. The second-order valence-corrected chi connectivity index (χ2v) is 8.90. The Labute approximate surface area is 198 Å². The van der Waals surface area contributed by atoms with E-state index < -0.39 is 5.82 Å². The van der Waals surface area contributed by atoms with Crippen molar-refractivity contribution in [3.8, 4) is 0 Å². The molecule has 1 aliphatic heterocycles. The highest BCUT2D eigenvalue weighted by Crippen LogP contribution is 2.22. The number of amides is 1. The zero-order valence-electron chi connectivity index (χ0n) is 18.5. The highest BCUT2D eigenvalue weighted by atomic mass is 35.5. The summed E-state index contributed by atoms with van der Waals surface area (Å²) in [6, 6.07) is 14.8. The number of likely N-dealkylation sites (tertiary alicyclic amines) is 1. The minimum Gasteiger partial charge on any atom is -0.417 e. The van der Waals surface area contributed by atoms with E-state index in [1.54, 1.807) is 6.07 Å². The molecule has 174 valence electrons. The molecule has 2 heterocycles. The van der Waals surface area contributed by atoms with Gasteiger partial charge in [-0.3, -0.25) is 4.79 Å². The maximum Gasteiger partial charge on any atom is 0.308 e. The Morgan fingerprint density at radius 1 is 1.15 bits per heavy atom. The second-order valence-electron chi connectivity index (χ2n) is 8.50. The summed E-state index contributed by atoms with van der Waals surface area (Å²) in [4.78, 5) is 14.8. The maximum absolute atomic E-state index is 13.2. The minimum atomic E-state index is -0.411. The smallest absolute Gasteiger partial charge is 0.308 e. The van der Waals surface area contributed by atoms with Gasteiger partial charge in [0.15, 0.2) is 0 Å². The van der Waals surface area contributed by atoms with E-state index in [0.717, 1.165) is 38.4 Å². The summed E-state index contributed by atoms with van der Waals surface area (Å²) in [5.41, 5.74) is 2.07. The lowest BCUT2D eigenvalue weighted by molar-refractivity contribution is 0.0914. The molecule has 2 aromatic carbocycles. The van der Waals surface area contributed by atoms with Crippen molar-refractivity contribution >= 4 is 17.5 Å². The third-order valence-electron chi connectivity index (χ3n) is 6.03. The Morgan fingerprint density at radius 2 is 1.94 bits per heavy atom. The van der Waals surface area contributed by atoms with Crippen LogP contribution in [-0.2, 0) is 12.8 Å². The molecule has 0 atom stereocenters. The lowest BCUT2D eigenvalue weighted by atomic mass is 9.90. The van der Waals surface area contributed by atoms with E-state index in [4.69, 9.17) is 16.0 Å². The van der Waals surface area contributed by atoms with E-state index >= 15 is 0 Å². The van der Waals surface area contributed by atoms with Crippen molar-refractivity contribution in [2.24, 2.45) is 5.92 Å². The average molecular weight is 471 g/mol. The first-order valence-corrected chi connectivity index (χ1v) is 11.8. The fourth-order valence-corrected chi connectivity index (χ4v) is 4.42. The molecule has 0 radical (unpaired) electrons. The number of carbonyl (C=O) groups excluding carboxylic acids is 1. The van der Waals surface area contributed by atoms with Crippen LogP contribution in [0.5, 0.6) is 0 Å². The number of nitrogens with zero attached hydrogens (tertiary/aromatic N) is 3. The summed E-state index contributed by atoms with van der Waals surface area (Å²) >= 11 is 6.03. The van der Waals surface area contributed by atoms with Crippen LogP contribution >= 0.6 is 11.6 Å². The molecule has 1 aliphatic rings. The molecule has 0 spiro atoms. The van der Waals surface area contributed by atoms with Gasteiger partial charge in [-0.15, -0.1) is 10.2 Å². The molecule has 8 heteroatoms. The molecular formula is C25H28ClFN4O2. The summed E-state index contributed by atoms with van der Waals surface area (Å²) in [6.07, 6.45) is 4.68. The van der Waals surface area contributed by atoms with E-state index in [2.05, 4.69) is 50.7 Å². The quantitative estimate of drug-likeness (QED) is 0.465. The number of nitrogens with one attached hydrogen (secondary N) is 1. The molecule has 4 rings (SSSR count). The number of halogens is 2. The zero-order valence-corrected chi connectivity index (χ0v) is 19.2. The largest absolute Gasteiger partial charge is 0.417 e. The average Bonchev–Trinajstić information content (AvgIpc) is 3.29. The van der Waals surface area contributed by atoms with Crippen molar-refractivity contribution in [3.63, 3.8) is 0 Å². The second kappa shape index (κ2) is 11.4. The van der Waals surface area contributed by atoms with Gasteiger partial charge >= 0.3 is 11.8 Å². The summed E-state index contributed by atoms with van der Waals surface area (Å²) in [5.74, 6) is 0.128. The van der Waals surface area contributed by atoms with Crippen molar-refractivity contribution in [3.05, 3.63) is 82.3 Å². The molecule has 1 aromatic heterocycles. The molecule has 1 N–H and O–H groups in total. The van der Waals surface area contributed by atoms with Crippen LogP contribution in [0.25, 0.3) is 0 Å². The lowest BCUT2D eigenvalue weighted by Gasteiger charge is -2.32. The molecule has 1 saturated heterocycles. The Hall–Kier alpha value is -2.77. The minimum absolute atomic E-state index is 0.0787. The van der Waals surface area contributed by atoms with Crippen LogP contribution in [0.4, 0.5) is 4.39 Å². The number of aromatic nitrogens is 2. The Bertz CT molecular complexity index is 1050. The number of carbonyl (C=O) groups is 1. The molecule has 1 amide bonds. The first-order chi connectivity index (χ1) is 16.1. The van der Waals surface area contributed by atoms with Gasteiger partial charge in [-0.05, 0) is 74.5 Å². The van der Waals surface area contributed by atoms with Gasteiger partial charge in [0.25, 0.3) is 0 Å². The topological polar surface area (TPSA) is 71.3 Å². The van der Waals surface area contributed by atoms with E-state index in [1.165, 1.54) is 30.5 Å². The van der Waals surface area contributed by atoms with Crippen LogP contribution in [0.1, 0.15) is 47.0 Å². The monoisotopic (exact) mass is 470 g/mol. The normalized spacial score (nSPS) is 15.0. The Morgan fingerprint density at radius 3 is 2.70 bits per heavy atom. The van der Waals surface area contributed by atoms with Gasteiger partial charge in [0.1, 0.15) is 5.82 Å². The van der Waals surface area contributed by atoms with Gasteiger partial charge in [0.05, 0.1) is 6.42 Å². The van der Waals surface area contributed by atoms with Gasteiger partial charge in [0, 0.05) is 11.6 Å². The highest BCUT2D eigenvalue weighted by Gasteiger charge is 2.20. The first-order valence-electron chi connectivity index (χ1n) is 11.4. The van der Waals surface area contributed by atoms with Crippen LogP contribution in [0.2, 0.25) is 5.02 Å². The van der Waals surface area contributed by atoms with Gasteiger partial charge in [-0.1, -0.05) is 48.0 Å². The number of piperidine rings is 1. The zero-order chi connectivity index (χ0) is 23.0. The molecule has 6 nitrogen and oxygen atoms in total. The number of hydrogen-bond donors (Lipinski definition) is 1. The fraction of sp³-hybridized carbons (Fsp3) is 0.400. The summed E-state index contributed by atoms with van der Waals surface area (Å²) < 4.78 is 18.6. The van der Waals surface area contributed by atoms with Gasteiger partial charge in [-0.25, -0.2) is 4.39 Å². The van der Waals surface area contributed by atoms with E-state index in [-0.39, 0.29) is 29.1 Å². The summed E-state index contributed by atoms with van der Waals surface area (Å²) in [7, 11) is 0. The van der Waals surface area contributed by atoms with Crippen LogP contribution in [0.3, 0.4) is 0 Å². The molecule has 0 bridgehead atoms.